The third kappa shape index (κ3) is 10.8. The molecular weight excluding hydrogens is 714 g/mol. The summed E-state index contributed by atoms with van der Waals surface area (Å²) in [5.41, 5.74) is 2.55. The van der Waals surface area contributed by atoms with Crippen LogP contribution >= 0.6 is 0 Å². The Morgan fingerprint density at radius 1 is 0.929 bits per heavy atom. The number of unbranched alkanes of at least 4 members (excludes halogenated alkanes) is 3. The number of hydrogen-bond donors (Lipinski definition) is 1. The molecule has 0 unspecified atom stereocenters. The van der Waals surface area contributed by atoms with Gasteiger partial charge in [0.1, 0.15) is 41.5 Å². The lowest BCUT2D eigenvalue weighted by molar-refractivity contribution is -0.137. The first kappa shape index (κ1) is 41.0. The molecule has 0 bridgehead atoms. The summed E-state index contributed by atoms with van der Waals surface area (Å²) in [6, 6.07) is 23.6. The van der Waals surface area contributed by atoms with Gasteiger partial charge in [0.15, 0.2) is 11.5 Å². The Morgan fingerprint density at radius 2 is 1.64 bits per heavy atom. The van der Waals surface area contributed by atoms with Crippen molar-refractivity contribution in [3.05, 3.63) is 95.4 Å². The van der Waals surface area contributed by atoms with Crippen molar-refractivity contribution in [3.8, 4) is 45.9 Å². The zero-order valence-corrected chi connectivity index (χ0v) is 32.4. The number of pyridine rings is 1. The predicted octanol–water partition coefficient (Wildman–Crippen LogP) is 9.13. The smallest absolute Gasteiger partial charge is 0.410 e. The molecule has 1 aliphatic rings. The van der Waals surface area contributed by atoms with Gasteiger partial charge in [0.05, 0.1) is 12.2 Å². The summed E-state index contributed by atoms with van der Waals surface area (Å²) in [7, 11) is 1.74. The van der Waals surface area contributed by atoms with E-state index in [4.69, 9.17) is 24.3 Å². The molecule has 1 fully saturated rings. The number of amides is 1. The Morgan fingerprint density at radius 3 is 2.30 bits per heavy atom. The largest absolute Gasteiger partial charge is 0.490 e. The highest BCUT2D eigenvalue weighted by Gasteiger charge is 2.31. The normalized spacial score (nSPS) is 13.0. The first-order chi connectivity index (χ1) is 26.9. The van der Waals surface area contributed by atoms with Gasteiger partial charge < -0.3 is 29.1 Å². The van der Waals surface area contributed by atoms with Gasteiger partial charge in [0, 0.05) is 49.9 Å². The number of carboxylic acid groups (broad SMARTS) is 1. The molecule has 0 radical (unpaired) electrons. The van der Waals surface area contributed by atoms with Crippen LogP contribution < -0.4 is 14.4 Å². The molecule has 0 atom stereocenters. The van der Waals surface area contributed by atoms with E-state index in [0.29, 0.717) is 78.5 Å². The minimum absolute atomic E-state index is 0.0648. The number of rotatable bonds is 15. The average molecular weight is 762 g/mol. The maximum absolute atomic E-state index is 15.2. The van der Waals surface area contributed by atoms with Crippen molar-refractivity contribution in [2.75, 3.05) is 31.6 Å². The molecule has 5 rings (SSSR count). The summed E-state index contributed by atoms with van der Waals surface area (Å²) in [4.78, 5) is 32.1. The first-order valence-corrected chi connectivity index (χ1v) is 18.9. The molecule has 0 spiro atoms. The van der Waals surface area contributed by atoms with Crippen molar-refractivity contribution < 1.29 is 33.3 Å². The lowest BCUT2D eigenvalue weighted by Crippen LogP contribution is -2.47. The topological polar surface area (TPSA) is 149 Å². The zero-order valence-electron chi connectivity index (χ0n) is 32.4. The molecule has 1 N–H and O–H groups in total. The van der Waals surface area contributed by atoms with Crippen LogP contribution in [0, 0.1) is 28.5 Å². The number of aromatic nitrogens is 1. The summed E-state index contributed by atoms with van der Waals surface area (Å²) < 4.78 is 33.3. The van der Waals surface area contributed by atoms with Gasteiger partial charge in [0.2, 0.25) is 0 Å². The quantitative estimate of drug-likeness (QED) is 0.116. The van der Waals surface area contributed by atoms with E-state index in [2.05, 4.69) is 6.07 Å². The molecule has 1 aliphatic heterocycles. The van der Waals surface area contributed by atoms with Crippen molar-refractivity contribution in [1.82, 2.24) is 9.88 Å². The first-order valence-electron chi connectivity index (χ1n) is 18.9. The molecule has 4 aromatic rings. The molecule has 292 valence electrons. The molecule has 1 aromatic heterocycles. The Bertz CT molecular complexity index is 2080. The number of nitrogens with zero attached hydrogens (tertiary/aromatic N) is 5. The van der Waals surface area contributed by atoms with Crippen LogP contribution in [0.4, 0.5) is 15.0 Å². The Labute approximate surface area is 327 Å². The molecule has 12 heteroatoms. The summed E-state index contributed by atoms with van der Waals surface area (Å²) in [6.45, 7) is 7.19. The van der Waals surface area contributed by atoms with E-state index in [9.17, 15) is 20.1 Å². The number of halogens is 1. The molecule has 2 heterocycles. The summed E-state index contributed by atoms with van der Waals surface area (Å²) in [6.07, 6.45) is 5.63. The second-order valence-electron chi connectivity index (χ2n) is 14.8. The van der Waals surface area contributed by atoms with Gasteiger partial charge in [-0.25, -0.2) is 14.2 Å². The molecule has 0 saturated carbocycles. The van der Waals surface area contributed by atoms with E-state index in [1.165, 1.54) is 12.1 Å². The van der Waals surface area contributed by atoms with E-state index in [-0.39, 0.29) is 30.2 Å². The monoisotopic (exact) mass is 761 g/mol. The number of nitriles is 2. The van der Waals surface area contributed by atoms with E-state index < -0.39 is 23.5 Å². The van der Waals surface area contributed by atoms with Crippen LogP contribution in [0.2, 0.25) is 0 Å². The van der Waals surface area contributed by atoms with Gasteiger partial charge >= 0.3 is 12.1 Å². The highest BCUT2D eigenvalue weighted by Crippen LogP contribution is 2.42. The number of carbonyl (C=O) groups is 2. The van der Waals surface area contributed by atoms with Crippen LogP contribution in [0.3, 0.4) is 0 Å². The van der Waals surface area contributed by atoms with E-state index in [0.717, 1.165) is 24.8 Å². The van der Waals surface area contributed by atoms with Gasteiger partial charge in [-0.05, 0) is 87.4 Å². The van der Waals surface area contributed by atoms with Gasteiger partial charge in [-0.15, -0.1) is 0 Å². The van der Waals surface area contributed by atoms with Gasteiger partial charge in [-0.2, -0.15) is 10.5 Å². The van der Waals surface area contributed by atoms with Crippen LogP contribution in [-0.4, -0.2) is 65.4 Å². The van der Waals surface area contributed by atoms with Crippen molar-refractivity contribution >= 4 is 17.9 Å². The van der Waals surface area contributed by atoms with Crippen molar-refractivity contribution in [2.45, 2.75) is 84.0 Å². The van der Waals surface area contributed by atoms with Gasteiger partial charge in [0.25, 0.3) is 0 Å². The molecule has 1 amide bonds. The summed E-state index contributed by atoms with van der Waals surface area (Å²) in [5.74, 6) is -0.0787. The third-order valence-corrected chi connectivity index (χ3v) is 9.58. The van der Waals surface area contributed by atoms with Gasteiger partial charge in [-0.3, -0.25) is 4.79 Å². The fraction of sp³-hybridized carbons (Fsp3) is 0.386. The summed E-state index contributed by atoms with van der Waals surface area (Å²) >= 11 is 0. The lowest BCUT2D eigenvalue weighted by Gasteiger charge is -2.38. The SMILES string of the molecule is CN(C(=O)OC(C)(C)C)C1CCN(c2ncc(-c3ccc(OCCCCCCC(=O)O)c(OCc4ccccc4)c3)c(-c3ccc(C#N)c(F)c3)c2C#N)CC1. The molecule has 1 saturated heterocycles. The highest BCUT2D eigenvalue weighted by molar-refractivity contribution is 5.90. The Balaban J connectivity index is 1.48. The van der Waals surface area contributed by atoms with Crippen LogP contribution in [-0.2, 0) is 16.1 Å². The third-order valence-electron chi connectivity index (χ3n) is 9.58. The molecule has 0 aliphatic carbocycles. The number of ether oxygens (including phenoxy) is 3. The maximum Gasteiger partial charge on any atom is 0.410 e. The van der Waals surface area contributed by atoms with Crippen LogP contribution in [0.5, 0.6) is 11.5 Å². The second-order valence-corrected chi connectivity index (χ2v) is 14.8. The van der Waals surface area contributed by atoms with E-state index in [1.807, 2.05) is 74.2 Å². The number of benzene rings is 3. The highest BCUT2D eigenvalue weighted by atomic mass is 19.1. The Hall–Kier alpha value is -6.14. The maximum atomic E-state index is 15.2. The number of piperidine rings is 1. The lowest BCUT2D eigenvalue weighted by atomic mass is 9.91. The Kier molecular flexibility index (Phi) is 13.9. The number of aliphatic carboxylic acids is 1. The average Bonchev–Trinajstić information content (AvgIpc) is 3.18. The van der Waals surface area contributed by atoms with Crippen molar-refractivity contribution in [3.63, 3.8) is 0 Å². The number of hydrogen-bond acceptors (Lipinski definition) is 9. The fourth-order valence-corrected chi connectivity index (χ4v) is 6.63. The predicted molar refractivity (Wildman–Crippen MR) is 211 cm³/mol. The molecule has 3 aromatic carbocycles. The van der Waals surface area contributed by atoms with E-state index >= 15 is 4.39 Å². The van der Waals surface area contributed by atoms with Gasteiger partial charge in [-0.1, -0.05) is 55.3 Å². The number of anilines is 1. The number of carbonyl (C=O) groups excluding carboxylic acids is 1. The standard InChI is InChI=1S/C44H48FN5O6/c1-44(2,3)56-43(53)49(4)34-19-21-50(22-20-34)42-35(27-47)41(32-15-16-33(26-46)37(45)24-32)36(28-48-42)31-17-18-38(54-23-11-6-5-10-14-40(51)52)39(25-31)55-29-30-12-8-7-9-13-30/h7-9,12-13,15-18,24-25,28,34H,5-6,10-11,14,19-23,29H2,1-4H3,(H,51,52). The molecule has 11 nitrogen and oxygen atoms in total. The van der Waals surface area contributed by atoms with Crippen molar-refractivity contribution in [2.24, 2.45) is 0 Å². The molecular formula is C44H48FN5O6. The minimum atomic E-state index is -0.800. The van der Waals surface area contributed by atoms with E-state index in [1.54, 1.807) is 30.3 Å². The van der Waals surface area contributed by atoms with Crippen molar-refractivity contribution in [1.29, 1.82) is 10.5 Å². The van der Waals surface area contributed by atoms with Crippen LogP contribution in [0.15, 0.2) is 72.9 Å². The summed E-state index contributed by atoms with van der Waals surface area (Å²) in [5, 5.41) is 29.1. The van der Waals surface area contributed by atoms with Crippen LogP contribution in [0.1, 0.15) is 82.4 Å². The fourth-order valence-electron chi connectivity index (χ4n) is 6.63. The van der Waals surface area contributed by atoms with Crippen LogP contribution in [0.25, 0.3) is 22.3 Å². The zero-order chi connectivity index (χ0) is 40.2. The second kappa shape index (κ2) is 18.9. The molecule has 56 heavy (non-hydrogen) atoms. The minimum Gasteiger partial charge on any atom is -0.490 e. The number of carboxylic acids is 1.